The van der Waals surface area contributed by atoms with E-state index in [2.05, 4.69) is 27.9 Å². The number of aromatic nitrogens is 3. The molecule has 0 aliphatic heterocycles. The van der Waals surface area contributed by atoms with Gasteiger partial charge in [0.15, 0.2) is 0 Å². The maximum absolute atomic E-state index is 12.4. The molecular formula is C18H22N4O. The van der Waals surface area contributed by atoms with Crippen LogP contribution in [0.5, 0.6) is 0 Å². The zero-order valence-electron chi connectivity index (χ0n) is 13.6. The highest BCUT2D eigenvalue weighted by atomic mass is 16.1. The third-order valence-electron chi connectivity index (χ3n) is 4.10. The SMILES string of the molecule is Cc1ccc2c(c1)cc(CNCCCn1ccnc1)c(=O)n2C. The Balaban J connectivity index is 1.65. The van der Waals surface area contributed by atoms with Crippen LogP contribution in [0.25, 0.3) is 10.9 Å². The van der Waals surface area contributed by atoms with Crippen LogP contribution in [-0.4, -0.2) is 20.7 Å². The lowest BCUT2D eigenvalue weighted by Gasteiger charge is -2.10. The minimum Gasteiger partial charge on any atom is -0.337 e. The van der Waals surface area contributed by atoms with E-state index in [-0.39, 0.29) is 5.56 Å². The molecule has 0 amide bonds. The van der Waals surface area contributed by atoms with Crippen molar-refractivity contribution < 1.29 is 0 Å². The van der Waals surface area contributed by atoms with Crippen LogP contribution < -0.4 is 10.9 Å². The predicted molar refractivity (Wildman–Crippen MR) is 92.5 cm³/mol. The van der Waals surface area contributed by atoms with E-state index < -0.39 is 0 Å². The molecule has 0 saturated heterocycles. The largest absolute Gasteiger partial charge is 0.337 e. The van der Waals surface area contributed by atoms with Gasteiger partial charge in [-0.1, -0.05) is 11.6 Å². The minimum atomic E-state index is 0.0727. The van der Waals surface area contributed by atoms with Crippen molar-refractivity contribution in [3.63, 3.8) is 0 Å². The number of hydrogen-bond acceptors (Lipinski definition) is 3. The third-order valence-corrected chi connectivity index (χ3v) is 4.10. The highest BCUT2D eigenvalue weighted by molar-refractivity contribution is 5.80. The van der Waals surface area contributed by atoms with E-state index in [0.29, 0.717) is 6.54 Å². The Morgan fingerprint density at radius 1 is 1.26 bits per heavy atom. The monoisotopic (exact) mass is 310 g/mol. The summed E-state index contributed by atoms with van der Waals surface area (Å²) in [6.45, 7) is 4.47. The molecule has 1 N–H and O–H groups in total. The molecule has 0 radical (unpaired) electrons. The van der Waals surface area contributed by atoms with Gasteiger partial charge in [0.2, 0.25) is 0 Å². The molecule has 3 rings (SSSR count). The number of nitrogens with zero attached hydrogens (tertiary/aromatic N) is 3. The number of rotatable bonds is 6. The van der Waals surface area contributed by atoms with E-state index in [4.69, 9.17) is 0 Å². The second-order valence-electron chi connectivity index (χ2n) is 5.93. The molecule has 120 valence electrons. The Kier molecular flexibility index (Phi) is 4.57. The van der Waals surface area contributed by atoms with E-state index >= 15 is 0 Å². The summed E-state index contributed by atoms with van der Waals surface area (Å²) in [6, 6.07) is 8.18. The maximum Gasteiger partial charge on any atom is 0.255 e. The van der Waals surface area contributed by atoms with Crippen molar-refractivity contribution in [2.45, 2.75) is 26.4 Å². The molecule has 2 heterocycles. The Morgan fingerprint density at radius 2 is 2.13 bits per heavy atom. The number of pyridine rings is 1. The summed E-state index contributed by atoms with van der Waals surface area (Å²) in [5.74, 6) is 0. The zero-order valence-corrected chi connectivity index (χ0v) is 13.6. The van der Waals surface area contributed by atoms with Gasteiger partial charge in [0.05, 0.1) is 11.8 Å². The molecule has 1 aromatic carbocycles. The third kappa shape index (κ3) is 3.51. The van der Waals surface area contributed by atoms with Crippen LogP contribution in [0.4, 0.5) is 0 Å². The van der Waals surface area contributed by atoms with Crippen molar-refractivity contribution in [1.29, 1.82) is 0 Å². The average molecular weight is 310 g/mol. The van der Waals surface area contributed by atoms with Crippen LogP contribution in [0, 0.1) is 6.92 Å². The molecule has 0 aliphatic rings. The van der Waals surface area contributed by atoms with Crippen molar-refractivity contribution in [3.8, 4) is 0 Å². The van der Waals surface area contributed by atoms with Gasteiger partial charge in [0.1, 0.15) is 0 Å². The molecule has 2 aromatic heterocycles. The molecule has 0 spiro atoms. The number of hydrogen-bond donors (Lipinski definition) is 1. The Morgan fingerprint density at radius 3 is 2.91 bits per heavy atom. The van der Waals surface area contributed by atoms with Crippen LogP contribution in [-0.2, 0) is 20.1 Å². The molecule has 23 heavy (non-hydrogen) atoms. The van der Waals surface area contributed by atoms with Gasteiger partial charge in [0.25, 0.3) is 5.56 Å². The van der Waals surface area contributed by atoms with Gasteiger partial charge in [-0.3, -0.25) is 4.79 Å². The minimum absolute atomic E-state index is 0.0727. The van der Waals surface area contributed by atoms with Gasteiger partial charge < -0.3 is 14.5 Å². The van der Waals surface area contributed by atoms with Crippen LogP contribution in [0.2, 0.25) is 0 Å². The quantitative estimate of drug-likeness (QED) is 0.710. The molecule has 0 saturated carbocycles. The molecular weight excluding hydrogens is 288 g/mol. The van der Waals surface area contributed by atoms with E-state index in [1.807, 2.05) is 37.8 Å². The van der Waals surface area contributed by atoms with Crippen molar-refractivity contribution in [2.24, 2.45) is 7.05 Å². The first kappa shape index (κ1) is 15.5. The van der Waals surface area contributed by atoms with Crippen LogP contribution >= 0.6 is 0 Å². The standard InChI is InChI=1S/C18H22N4O/c1-14-4-5-17-15(10-14)11-16(18(23)21(17)2)12-19-6-3-8-22-9-7-20-13-22/h4-5,7,9-11,13,19H,3,6,8,12H2,1-2H3. The smallest absolute Gasteiger partial charge is 0.255 e. The molecule has 5 nitrogen and oxygen atoms in total. The summed E-state index contributed by atoms with van der Waals surface area (Å²) in [4.78, 5) is 16.5. The second-order valence-corrected chi connectivity index (χ2v) is 5.93. The first-order valence-corrected chi connectivity index (χ1v) is 7.91. The van der Waals surface area contributed by atoms with E-state index in [1.165, 1.54) is 5.56 Å². The number of nitrogens with one attached hydrogen (secondary N) is 1. The van der Waals surface area contributed by atoms with Crippen LogP contribution in [0.15, 0.2) is 47.8 Å². The lowest BCUT2D eigenvalue weighted by Crippen LogP contribution is -2.26. The van der Waals surface area contributed by atoms with Crippen molar-refractivity contribution in [2.75, 3.05) is 6.54 Å². The van der Waals surface area contributed by atoms with E-state index in [1.54, 1.807) is 10.8 Å². The summed E-state index contributed by atoms with van der Waals surface area (Å²) in [6.07, 6.45) is 6.57. The van der Waals surface area contributed by atoms with E-state index in [0.717, 1.165) is 36.0 Å². The summed E-state index contributed by atoms with van der Waals surface area (Å²) in [7, 11) is 1.84. The van der Waals surface area contributed by atoms with Gasteiger partial charge in [-0.25, -0.2) is 4.98 Å². The topological polar surface area (TPSA) is 51.9 Å². The lowest BCUT2D eigenvalue weighted by atomic mass is 10.1. The summed E-state index contributed by atoms with van der Waals surface area (Å²) in [5, 5.41) is 4.48. The number of benzene rings is 1. The average Bonchev–Trinajstić information content (AvgIpc) is 3.04. The normalized spacial score (nSPS) is 11.2. The molecule has 0 bridgehead atoms. The first-order chi connectivity index (χ1) is 11.1. The first-order valence-electron chi connectivity index (χ1n) is 7.91. The predicted octanol–water partition coefficient (Wildman–Crippen LogP) is 2.22. The van der Waals surface area contributed by atoms with Crippen LogP contribution in [0.3, 0.4) is 0 Å². The van der Waals surface area contributed by atoms with E-state index in [9.17, 15) is 4.79 Å². The Bertz CT molecular complexity index is 849. The Hall–Kier alpha value is -2.40. The number of fused-ring (bicyclic) bond motifs is 1. The second kappa shape index (κ2) is 6.79. The highest BCUT2D eigenvalue weighted by Gasteiger charge is 2.06. The summed E-state index contributed by atoms with van der Waals surface area (Å²) >= 11 is 0. The maximum atomic E-state index is 12.4. The summed E-state index contributed by atoms with van der Waals surface area (Å²) in [5.41, 5.74) is 3.07. The fraction of sp³-hybridized carbons (Fsp3) is 0.333. The fourth-order valence-corrected chi connectivity index (χ4v) is 2.82. The zero-order chi connectivity index (χ0) is 16.2. The van der Waals surface area contributed by atoms with Crippen LogP contribution in [0.1, 0.15) is 17.5 Å². The van der Waals surface area contributed by atoms with Gasteiger partial charge in [-0.2, -0.15) is 0 Å². The number of aryl methyl sites for hydroxylation is 3. The molecule has 3 aromatic rings. The molecule has 0 unspecified atom stereocenters. The Labute approximate surface area is 135 Å². The molecule has 0 aliphatic carbocycles. The highest BCUT2D eigenvalue weighted by Crippen LogP contribution is 2.14. The molecule has 0 fully saturated rings. The molecule has 0 atom stereocenters. The van der Waals surface area contributed by atoms with Gasteiger partial charge >= 0.3 is 0 Å². The van der Waals surface area contributed by atoms with Crippen molar-refractivity contribution in [1.82, 2.24) is 19.4 Å². The fourth-order valence-electron chi connectivity index (χ4n) is 2.82. The van der Waals surface area contributed by atoms with Gasteiger partial charge in [-0.15, -0.1) is 0 Å². The summed E-state index contributed by atoms with van der Waals surface area (Å²) < 4.78 is 3.79. The van der Waals surface area contributed by atoms with Gasteiger partial charge in [0, 0.05) is 38.1 Å². The van der Waals surface area contributed by atoms with Gasteiger partial charge in [-0.05, 0) is 43.5 Å². The van der Waals surface area contributed by atoms with Crippen molar-refractivity contribution in [3.05, 3.63) is 64.5 Å². The number of imidazole rings is 1. The lowest BCUT2D eigenvalue weighted by molar-refractivity contribution is 0.578. The van der Waals surface area contributed by atoms with Crippen molar-refractivity contribution >= 4 is 10.9 Å². The molecule has 5 heteroatoms.